The van der Waals surface area contributed by atoms with E-state index in [4.69, 9.17) is 5.73 Å². The minimum atomic E-state index is -0.563. The van der Waals surface area contributed by atoms with Gasteiger partial charge >= 0.3 is 0 Å². The van der Waals surface area contributed by atoms with E-state index in [1.807, 2.05) is 48.5 Å². The second kappa shape index (κ2) is 6.00. The summed E-state index contributed by atoms with van der Waals surface area (Å²) in [5.74, 6) is -0.0664. The standard InChI is InChI=1S/C17H21NO/c1-12-8-9-15(10-13(12)2)17(19)16(11-18)14-6-4-3-5-7-14/h3-10,16-17,19H,11,18H2,1-2H3. The molecule has 0 saturated heterocycles. The number of aliphatic hydroxyl groups is 1. The SMILES string of the molecule is Cc1ccc(C(O)C(CN)c2ccccc2)cc1C. The monoisotopic (exact) mass is 255 g/mol. The second-order valence-electron chi connectivity index (χ2n) is 5.04. The van der Waals surface area contributed by atoms with E-state index in [-0.39, 0.29) is 5.92 Å². The van der Waals surface area contributed by atoms with Gasteiger partial charge in [0.05, 0.1) is 6.10 Å². The first kappa shape index (κ1) is 13.8. The van der Waals surface area contributed by atoms with Gasteiger partial charge in [-0.25, -0.2) is 0 Å². The lowest BCUT2D eigenvalue weighted by molar-refractivity contribution is 0.147. The molecular weight excluding hydrogens is 234 g/mol. The average molecular weight is 255 g/mol. The second-order valence-corrected chi connectivity index (χ2v) is 5.04. The highest BCUT2D eigenvalue weighted by Gasteiger charge is 2.21. The van der Waals surface area contributed by atoms with Crippen LogP contribution in [-0.4, -0.2) is 11.7 Å². The molecule has 2 heteroatoms. The molecular formula is C17H21NO. The van der Waals surface area contributed by atoms with Crippen molar-refractivity contribution in [3.63, 3.8) is 0 Å². The van der Waals surface area contributed by atoms with Gasteiger partial charge in [-0.05, 0) is 36.1 Å². The van der Waals surface area contributed by atoms with E-state index in [9.17, 15) is 5.11 Å². The molecule has 0 aromatic heterocycles. The zero-order chi connectivity index (χ0) is 13.8. The fraction of sp³-hybridized carbons (Fsp3) is 0.294. The van der Waals surface area contributed by atoms with Gasteiger partial charge in [0.15, 0.2) is 0 Å². The first-order valence-electron chi connectivity index (χ1n) is 6.63. The summed E-state index contributed by atoms with van der Waals surface area (Å²) >= 11 is 0. The normalized spacial score (nSPS) is 14.1. The van der Waals surface area contributed by atoms with Gasteiger partial charge in [-0.3, -0.25) is 0 Å². The van der Waals surface area contributed by atoms with Gasteiger partial charge < -0.3 is 10.8 Å². The minimum Gasteiger partial charge on any atom is -0.388 e. The predicted molar refractivity (Wildman–Crippen MR) is 79.1 cm³/mol. The van der Waals surface area contributed by atoms with E-state index < -0.39 is 6.10 Å². The van der Waals surface area contributed by atoms with Crippen molar-refractivity contribution in [2.75, 3.05) is 6.54 Å². The van der Waals surface area contributed by atoms with Crippen molar-refractivity contribution in [2.45, 2.75) is 25.9 Å². The lowest BCUT2D eigenvalue weighted by Gasteiger charge is -2.23. The molecule has 0 saturated carbocycles. The Balaban J connectivity index is 2.30. The van der Waals surface area contributed by atoms with Crippen molar-refractivity contribution in [1.82, 2.24) is 0 Å². The maximum atomic E-state index is 10.6. The summed E-state index contributed by atoms with van der Waals surface area (Å²) in [5, 5.41) is 10.6. The summed E-state index contributed by atoms with van der Waals surface area (Å²) in [6, 6.07) is 16.0. The molecule has 19 heavy (non-hydrogen) atoms. The molecule has 0 bridgehead atoms. The van der Waals surface area contributed by atoms with Crippen LogP contribution in [0, 0.1) is 13.8 Å². The highest BCUT2D eigenvalue weighted by atomic mass is 16.3. The smallest absolute Gasteiger partial charge is 0.0870 e. The van der Waals surface area contributed by atoms with E-state index >= 15 is 0 Å². The van der Waals surface area contributed by atoms with Gasteiger partial charge in [-0.1, -0.05) is 48.5 Å². The maximum Gasteiger partial charge on any atom is 0.0870 e. The topological polar surface area (TPSA) is 46.2 Å². The van der Waals surface area contributed by atoms with Crippen LogP contribution in [-0.2, 0) is 0 Å². The van der Waals surface area contributed by atoms with Crippen LogP contribution in [0.3, 0.4) is 0 Å². The van der Waals surface area contributed by atoms with Crippen LogP contribution in [0.15, 0.2) is 48.5 Å². The van der Waals surface area contributed by atoms with Crippen molar-refractivity contribution < 1.29 is 5.11 Å². The van der Waals surface area contributed by atoms with Gasteiger partial charge in [0.25, 0.3) is 0 Å². The van der Waals surface area contributed by atoms with Crippen molar-refractivity contribution in [2.24, 2.45) is 5.73 Å². The number of hydrogen-bond donors (Lipinski definition) is 2. The fourth-order valence-corrected chi connectivity index (χ4v) is 2.33. The molecule has 2 nitrogen and oxygen atoms in total. The Morgan fingerprint density at radius 1 is 0.947 bits per heavy atom. The summed E-state index contributed by atoms with van der Waals surface area (Å²) in [5.41, 5.74) is 10.3. The Hall–Kier alpha value is -1.64. The minimum absolute atomic E-state index is 0.0664. The van der Waals surface area contributed by atoms with E-state index in [1.54, 1.807) is 0 Å². The van der Waals surface area contributed by atoms with Gasteiger partial charge in [0.2, 0.25) is 0 Å². The van der Waals surface area contributed by atoms with Gasteiger partial charge in [-0.15, -0.1) is 0 Å². The summed E-state index contributed by atoms with van der Waals surface area (Å²) in [6.07, 6.45) is -0.563. The van der Waals surface area contributed by atoms with E-state index in [1.165, 1.54) is 11.1 Å². The van der Waals surface area contributed by atoms with Gasteiger partial charge in [0, 0.05) is 12.5 Å². The lowest BCUT2D eigenvalue weighted by atomic mass is 9.88. The molecule has 0 spiro atoms. The molecule has 0 fully saturated rings. The summed E-state index contributed by atoms with van der Waals surface area (Å²) in [7, 11) is 0. The van der Waals surface area contributed by atoms with E-state index in [2.05, 4.69) is 13.8 Å². The molecule has 100 valence electrons. The summed E-state index contributed by atoms with van der Waals surface area (Å²) in [4.78, 5) is 0. The average Bonchev–Trinajstić information content (AvgIpc) is 2.44. The molecule has 2 atom stereocenters. The number of aryl methyl sites for hydroxylation is 2. The summed E-state index contributed by atoms with van der Waals surface area (Å²) < 4.78 is 0. The third-order valence-electron chi connectivity index (χ3n) is 3.74. The zero-order valence-electron chi connectivity index (χ0n) is 11.5. The molecule has 0 heterocycles. The Labute approximate surface area is 114 Å². The predicted octanol–water partition coefficient (Wildman–Crippen LogP) is 3.08. The van der Waals surface area contributed by atoms with Crippen molar-refractivity contribution in [3.05, 3.63) is 70.8 Å². The Kier molecular flexibility index (Phi) is 4.35. The number of aliphatic hydroxyl groups excluding tert-OH is 1. The number of nitrogens with two attached hydrogens (primary N) is 1. The van der Waals surface area contributed by atoms with Gasteiger partial charge in [-0.2, -0.15) is 0 Å². The quantitative estimate of drug-likeness (QED) is 0.882. The van der Waals surface area contributed by atoms with Crippen LogP contribution in [0.1, 0.15) is 34.3 Å². The Bertz CT molecular complexity index is 536. The number of hydrogen-bond acceptors (Lipinski definition) is 2. The molecule has 0 radical (unpaired) electrons. The van der Waals surface area contributed by atoms with Crippen LogP contribution in [0.4, 0.5) is 0 Å². The van der Waals surface area contributed by atoms with Crippen molar-refractivity contribution in [3.8, 4) is 0 Å². The first-order chi connectivity index (χ1) is 9.13. The third-order valence-corrected chi connectivity index (χ3v) is 3.74. The first-order valence-corrected chi connectivity index (χ1v) is 6.63. The maximum absolute atomic E-state index is 10.6. The fourth-order valence-electron chi connectivity index (χ4n) is 2.33. The Morgan fingerprint density at radius 3 is 2.21 bits per heavy atom. The van der Waals surface area contributed by atoms with E-state index in [0.717, 1.165) is 11.1 Å². The lowest BCUT2D eigenvalue weighted by Crippen LogP contribution is -2.20. The number of benzene rings is 2. The van der Waals surface area contributed by atoms with Crippen LogP contribution in [0.25, 0.3) is 0 Å². The molecule has 3 N–H and O–H groups in total. The zero-order valence-corrected chi connectivity index (χ0v) is 11.5. The molecule has 2 aromatic carbocycles. The third kappa shape index (κ3) is 3.03. The van der Waals surface area contributed by atoms with Crippen LogP contribution >= 0.6 is 0 Å². The molecule has 0 aliphatic carbocycles. The largest absolute Gasteiger partial charge is 0.388 e. The van der Waals surface area contributed by atoms with E-state index in [0.29, 0.717) is 6.54 Å². The van der Waals surface area contributed by atoms with Crippen LogP contribution < -0.4 is 5.73 Å². The highest BCUT2D eigenvalue weighted by Crippen LogP contribution is 2.30. The molecule has 2 unspecified atom stereocenters. The van der Waals surface area contributed by atoms with Crippen LogP contribution in [0.5, 0.6) is 0 Å². The van der Waals surface area contributed by atoms with Crippen molar-refractivity contribution >= 4 is 0 Å². The molecule has 0 aliphatic heterocycles. The molecule has 0 aliphatic rings. The van der Waals surface area contributed by atoms with Crippen molar-refractivity contribution in [1.29, 1.82) is 0 Å². The molecule has 2 rings (SSSR count). The number of rotatable bonds is 4. The highest BCUT2D eigenvalue weighted by molar-refractivity contribution is 5.33. The molecule has 2 aromatic rings. The summed E-state index contributed by atoms with van der Waals surface area (Å²) in [6.45, 7) is 4.56. The Morgan fingerprint density at radius 2 is 1.63 bits per heavy atom. The van der Waals surface area contributed by atoms with Crippen LogP contribution in [0.2, 0.25) is 0 Å². The van der Waals surface area contributed by atoms with Gasteiger partial charge in [0.1, 0.15) is 0 Å². The molecule has 0 amide bonds.